The lowest BCUT2D eigenvalue weighted by Gasteiger charge is -2.13. The lowest BCUT2D eigenvalue weighted by atomic mass is 10.1. The molecule has 152 valence electrons. The first-order valence-electron chi connectivity index (χ1n) is 8.95. The van der Waals surface area contributed by atoms with Crippen LogP contribution < -0.4 is 19.5 Å². The lowest BCUT2D eigenvalue weighted by molar-refractivity contribution is -0.112. The fourth-order valence-electron chi connectivity index (χ4n) is 2.41. The van der Waals surface area contributed by atoms with E-state index in [-0.39, 0.29) is 5.57 Å². The summed E-state index contributed by atoms with van der Waals surface area (Å²) in [5.41, 5.74) is 1.04. The van der Waals surface area contributed by atoms with E-state index >= 15 is 0 Å². The van der Waals surface area contributed by atoms with Gasteiger partial charge in [0.15, 0.2) is 11.5 Å². The van der Waals surface area contributed by atoms with Gasteiger partial charge < -0.3 is 19.5 Å². The number of methoxy groups -OCH3 is 2. The minimum atomic E-state index is -0.547. The molecule has 2 rings (SSSR count). The van der Waals surface area contributed by atoms with Crippen LogP contribution in [0.15, 0.2) is 42.0 Å². The third-order valence-corrected chi connectivity index (χ3v) is 4.14. The molecule has 1 amide bonds. The van der Waals surface area contributed by atoms with E-state index in [1.54, 1.807) is 43.5 Å². The van der Waals surface area contributed by atoms with Crippen LogP contribution in [0, 0.1) is 17.2 Å². The Labute approximate surface area is 175 Å². The van der Waals surface area contributed by atoms with Crippen LogP contribution in [0.5, 0.6) is 17.2 Å². The molecule has 0 saturated carbocycles. The Balaban J connectivity index is 2.24. The molecular weight excluding hydrogens is 392 g/mol. The fourth-order valence-corrected chi connectivity index (χ4v) is 2.67. The maximum atomic E-state index is 12.5. The van der Waals surface area contributed by atoms with E-state index in [9.17, 15) is 10.1 Å². The van der Waals surface area contributed by atoms with Gasteiger partial charge in [0.25, 0.3) is 5.91 Å². The first-order chi connectivity index (χ1) is 13.9. The number of carbonyl (C=O) groups is 1. The Kier molecular flexibility index (Phi) is 7.93. The molecule has 29 heavy (non-hydrogen) atoms. The minimum absolute atomic E-state index is 0.0584. The molecule has 0 aromatic heterocycles. The van der Waals surface area contributed by atoms with Gasteiger partial charge in [0.05, 0.1) is 25.8 Å². The molecule has 0 bridgehead atoms. The van der Waals surface area contributed by atoms with Crippen molar-refractivity contribution in [3.05, 3.63) is 52.6 Å². The number of halogens is 1. The SMILES string of the molecule is COc1ccc(NC(=O)/C(C#N)=C/c2ccc(OC)c(OCC(C)C)c2)cc1Cl. The third-order valence-electron chi connectivity index (χ3n) is 3.85. The van der Waals surface area contributed by atoms with Crippen molar-refractivity contribution in [2.75, 3.05) is 26.1 Å². The monoisotopic (exact) mass is 414 g/mol. The molecule has 0 saturated heterocycles. The quantitative estimate of drug-likeness (QED) is 0.489. The van der Waals surface area contributed by atoms with Gasteiger partial charge in [-0.15, -0.1) is 0 Å². The number of anilines is 1. The number of hydrogen-bond donors (Lipinski definition) is 1. The lowest BCUT2D eigenvalue weighted by Crippen LogP contribution is -2.13. The summed E-state index contributed by atoms with van der Waals surface area (Å²) in [6, 6.07) is 12.0. The summed E-state index contributed by atoms with van der Waals surface area (Å²) >= 11 is 6.07. The predicted octanol–water partition coefficient (Wildman–Crippen LogP) is 4.94. The molecule has 7 heteroatoms. The average Bonchev–Trinajstić information content (AvgIpc) is 2.70. The van der Waals surface area contributed by atoms with Crippen LogP contribution in [0.1, 0.15) is 19.4 Å². The van der Waals surface area contributed by atoms with Gasteiger partial charge in [-0.2, -0.15) is 5.26 Å². The topological polar surface area (TPSA) is 80.6 Å². The van der Waals surface area contributed by atoms with Crippen LogP contribution in [0.4, 0.5) is 5.69 Å². The second kappa shape index (κ2) is 10.4. The molecule has 2 aromatic carbocycles. The number of nitrogens with one attached hydrogen (secondary N) is 1. The number of rotatable bonds is 8. The van der Waals surface area contributed by atoms with E-state index in [0.717, 1.165) is 0 Å². The third kappa shape index (κ3) is 6.16. The summed E-state index contributed by atoms with van der Waals surface area (Å²) in [4.78, 5) is 12.5. The highest BCUT2D eigenvalue weighted by molar-refractivity contribution is 6.32. The van der Waals surface area contributed by atoms with Gasteiger partial charge in [0.2, 0.25) is 0 Å². The molecule has 0 aliphatic rings. The Morgan fingerprint density at radius 2 is 1.83 bits per heavy atom. The van der Waals surface area contributed by atoms with Gasteiger partial charge in [-0.3, -0.25) is 4.79 Å². The Morgan fingerprint density at radius 1 is 1.14 bits per heavy atom. The molecule has 0 aliphatic heterocycles. The van der Waals surface area contributed by atoms with Crippen molar-refractivity contribution < 1.29 is 19.0 Å². The number of amides is 1. The molecule has 0 radical (unpaired) electrons. The van der Waals surface area contributed by atoms with Gasteiger partial charge in [-0.05, 0) is 47.9 Å². The molecule has 6 nitrogen and oxygen atoms in total. The molecule has 0 atom stereocenters. The number of ether oxygens (including phenoxy) is 3. The van der Waals surface area contributed by atoms with Crippen LogP contribution >= 0.6 is 11.6 Å². The van der Waals surface area contributed by atoms with E-state index in [2.05, 4.69) is 5.32 Å². The van der Waals surface area contributed by atoms with Crippen LogP contribution in [0.25, 0.3) is 6.08 Å². The van der Waals surface area contributed by atoms with Crippen LogP contribution in [-0.2, 0) is 4.79 Å². The number of nitriles is 1. The first kappa shape index (κ1) is 22.1. The Morgan fingerprint density at radius 3 is 2.41 bits per heavy atom. The van der Waals surface area contributed by atoms with E-state index in [0.29, 0.717) is 46.0 Å². The van der Waals surface area contributed by atoms with Crippen molar-refractivity contribution in [3.63, 3.8) is 0 Å². The summed E-state index contributed by atoms with van der Waals surface area (Å²) in [7, 11) is 3.06. The smallest absolute Gasteiger partial charge is 0.266 e. The van der Waals surface area contributed by atoms with E-state index in [4.69, 9.17) is 25.8 Å². The Bertz CT molecular complexity index is 948. The number of nitrogens with zero attached hydrogens (tertiary/aromatic N) is 1. The molecule has 0 heterocycles. The molecule has 0 fully saturated rings. The summed E-state index contributed by atoms with van der Waals surface area (Å²) < 4.78 is 16.2. The van der Waals surface area contributed by atoms with Crippen molar-refractivity contribution in [1.82, 2.24) is 0 Å². The zero-order valence-corrected chi connectivity index (χ0v) is 17.5. The van der Waals surface area contributed by atoms with Gasteiger partial charge >= 0.3 is 0 Å². The van der Waals surface area contributed by atoms with Gasteiger partial charge in [0, 0.05) is 5.69 Å². The number of carbonyl (C=O) groups excluding carboxylic acids is 1. The van der Waals surface area contributed by atoms with Crippen LogP contribution in [0.3, 0.4) is 0 Å². The van der Waals surface area contributed by atoms with Crippen molar-refractivity contribution in [1.29, 1.82) is 5.26 Å². The summed E-state index contributed by atoms with van der Waals surface area (Å²) in [6.07, 6.45) is 1.49. The Hall–Kier alpha value is -3.17. The molecule has 0 spiro atoms. The van der Waals surface area contributed by atoms with E-state index in [1.807, 2.05) is 19.9 Å². The average molecular weight is 415 g/mol. The number of hydrogen-bond acceptors (Lipinski definition) is 5. The number of benzene rings is 2. The second-order valence-corrected chi connectivity index (χ2v) is 7.00. The van der Waals surface area contributed by atoms with Gasteiger partial charge in [-0.25, -0.2) is 0 Å². The predicted molar refractivity (Wildman–Crippen MR) is 114 cm³/mol. The normalized spacial score (nSPS) is 11.0. The zero-order valence-electron chi connectivity index (χ0n) is 16.8. The molecule has 0 unspecified atom stereocenters. The van der Waals surface area contributed by atoms with E-state index in [1.165, 1.54) is 13.2 Å². The molecule has 2 aromatic rings. The highest BCUT2D eigenvalue weighted by Crippen LogP contribution is 2.30. The molecule has 0 aliphatic carbocycles. The second-order valence-electron chi connectivity index (χ2n) is 6.59. The highest BCUT2D eigenvalue weighted by Gasteiger charge is 2.12. The van der Waals surface area contributed by atoms with Crippen LogP contribution in [0.2, 0.25) is 5.02 Å². The van der Waals surface area contributed by atoms with Crippen molar-refractivity contribution >= 4 is 29.3 Å². The summed E-state index contributed by atoms with van der Waals surface area (Å²) in [5.74, 6) is 1.42. The molecular formula is C22H23ClN2O4. The van der Waals surface area contributed by atoms with Crippen molar-refractivity contribution in [2.24, 2.45) is 5.92 Å². The van der Waals surface area contributed by atoms with Gasteiger partial charge in [-0.1, -0.05) is 31.5 Å². The van der Waals surface area contributed by atoms with E-state index < -0.39 is 5.91 Å². The first-order valence-corrected chi connectivity index (χ1v) is 9.33. The zero-order chi connectivity index (χ0) is 21.4. The molecule has 1 N–H and O–H groups in total. The maximum Gasteiger partial charge on any atom is 0.266 e. The largest absolute Gasteiger partial charge is 0.495 e. The summed E-state index contributed by atoms with van der Waals surface area (Å²) in [6.45, 7) is 4.60. The standard InChI is InChI=1S/C22H23ClN2O4/c1-14(2)13-29-21-10-15(5-7-20(21)28-4)9-16(12-24)22(26)25-17-6-8-19(27-3)18(23)11-17/h5-11,14H,13H2,1-4H3,(H,25,26)/b16-9+. The maximum absolute atomic E-state index is 12.5. The van der Waals surface area contributed by atoms with Crippen LogP contribution in [-0.4, -0.2) is 26.7 Å². The van der Waals surface area contributed by atoms with Crippen molar-refractivity contribution in [2.45, 2.75) is 13.8 Å². The van der Waals surface area contributed by atoms with Gasteiger partial charge in [0.1, 0.15) is 17.4 Å². The summed E-state index contributed by atoms with van der Waals surface area (Å²) in [5, 5.41) is 12.5. The highest BCUT2D eigenvalue weighted by atomic mass is 35.5. The minimum Gasteiger partial charge on any atom is -0.495 e. The fraction of sp³-hybridized carbons (Fsp3) is 0.273. The van der Waals surface area contributed by atoms with Crippen molar-refractivity contribution in [3.8, 4) is 23.3 Å².